The molecule has 0 spiro atoms. The SMILES string of the molecule is CCC1(C)CNC(C(C)C)CN1CCc1cnn(C)c1. The number of nitrogens with zero attached hydrogens (tertiary/aromatic N) is 3. The van der Waals surface area contributed by atoms with Crippen molar-refractivity contribution >= 4 is 0 Å². The highest BCUT2D eigenvalue weighted by Crippen LogP contribution is 2.25. The summed E-state index contributed by atoms with van der Waals surface area (Å²) in [5, 5.41) is 8.00. The molecule has 1 aliphatic rings. The van der Waals surface area contributed by atoms with Crippen molar-refractivity contribution in [2.75, 3.05) is 19.6 Å². The second kappa shape index (κ2) is 6.27. The fourth-order valence-electron chi connectivity index (χ4n) is 3.01. The maximum Gasteiger partial charge on any atom is 0.0522 e. The monoisotopic (exact) mass is 278 g/mol. The third kappa shape index (κ3) is 3.41. The molecule has 0 aliphatic carbocycles. The maximum absolute atomic E-state index is 4.27. The second-order valence-electron chi connectivity index (χ2n) is 6.80. The minimum atomic E-state index is 0.285. The number of aromatic nitrogens is 2. The van der Waals surface area contributed by atoms with E-state index < -0.39 is 0 Å². The fourth-order valence-corrected chi connectivity index (χ4v) is 3.01. The molecule has 2 unspecified atom stereocenters. The first-order valence-corrected chi connectivity index (χ1v) is 7.90. The van der Waals surface area contributed by atoms with E-state index in [1.54, 1.807) is 0 Å². The van der Waals surface area contributed by atoms with Crippen LogP contribution in [0.2, 0.25) is 0 Å². The summed E-state index contributed by atoms with van der Waals surface area (Å²) in [5.74, 6) is 0.692. The van der Waals surface area contributed by atoms with Crippen molar-refractivity contribution in [1.82, 2.24) is 20.0 Å². The molecule has 0 saturated carbocycles. The number of aryl methyl sites for hydroxylation is 1. The van der Waals surface area contributed by atoms with Crippen molar-refractivity contribution in [3.05, 3.63) is 18.0 Å². The average molecular weight is 278 g/mol. The molecule has 1 aromatic rings. The summed E-state index contributed by atoms with van der Waals surface area (Å²) in [4.78, 5) is 2.68. The third-order valence-electron chi connectivity index (χ3n) is 4.92. The van der Waals surface area contributed by atoms with Gasteiger partial charge in [0.1, 0.15) is 0 Å². The average Bonchev–Trinajstić information content (AvgIpc) is 2.83. The van der Waals surface area contributed by atoms with Gasteiger partial charge >= 0.3 is 0 Å². The summed E-state index contributed by atoms with van der Waals surface area (Å²) in [5.41, 5.74) is 1.62. The Balaban J connectivity index is 2.00. The molecular formula is C16H30N4. The normalized spacial score (nSPS) is 28.2. The van der Waals surface area contributed by atoms with Crippen molar-refractivity contribution in [3.8, 4) is 0 Å². The van der Waals surface area contributed by atoms with Gasteiger partial charge in [-0.1, -0.05) is 20.8 Å². The Kier molecular flexibility index (Phi) is 4.86. The molecule has 0 aromatic carbocycles. The van der Waals surface area contributed by atoms with E-state index in [4.69, 9.17) is 0 Å². The number of hydrogen-bond donors (Lipinski definition) is 1. The van der Waals surface area contributed by atoms with Gasteiger partial charge in [0.15, 0.2) is 0 Å². The summed E-state index contributed by atoms with van der Waals surface area (Å²) < 4.78 is 1.89. The first kappa shape index (κ1) is 15.5. The zero-order chi connectivity index (χ0) is 14.8. The Bertz CT molecular complexity index is 426. The lowest BCUT2D eigenvalue weighted by atomic mass is 9.89. The van der Waals surface area contributed by atoms with Crippen LogP contribution in [-0.2, 0) is 13.5 Å². The molecule has 4 heteroatoms. The predicted molar refractivity (Wildman–Crippen MR) is 83.8 cm³/mol. The number of nitrogens with one attached hydrogen (secondary N) is 1. The Morgan fingerprint density at radius 3 is 2.80 bits per heavy atom. The van der Waals surface area contributed by atoms with E-state index in [9.17, 15) is 0 Å². The van der Waals surface area contributed by atoms with Crippen LogP contribution in [0.3, 0.4) is 0 Å². The Hall–Kier alpha value is -0.870. The quantitative estimate of drug-likeness (QED) is 0.895. The molecule has 1 aliphatic heterocycles. The van der Waals surface area contributed by atoms with Crippen molar-refractivity contribution in [1.29, 1.82) is 0 Å². The van der Waals surface area contributed by atoms with E-state index in [0.717, 1.165) is 26.1 Å². The van der Waals surface area contributed by atoms with E-state index >= 15 is 0 Å². The molecule has 1 aromatic heterocycles. The number of rotatable bonds is 5. The molecule has 1 saturated heterocycles. The van der Waals surface area contributed by atoms with Crippen molar-refractivity contribution in [2.45, 2.75) is 52.1 Å². The van der Waals surface area contributed by atoms with Crippen LogP contribution in [0.25, 0.3) is 0 Å². The lowest BCUT2D eigenvalue weighted by Gasteiger charge is -2.49. The first-order valence-electron chi connectivity index (χ1n) is 7.90. The molecule has 1 N–H and O–H groups in total. The Morgan fingerprint density at radius 1 is 1.50 bits per heavy atom. The van der Waals surface area contributed by atoms with Gasteiger partial charge in [0.05, 0.1) is 6.20 Å². The predicted octanol–water partition coefficient (Wildman–Crippen LogP) is 2.06. The molecule has 114 valence electrons. The van der Waals surface area contributed by atoms with Crippen LogP contribution < -0.4 is 5.32 Å². The summed E-state index contributed by atoms with van der Waals surface area (Å²) in [6.07, 6.45) is 6.41. The van der Waals surface area contributed by atoms with Gasteiger partial charge in [-0.25, -0.2) is 0 Å². The van der Waals surface area contributed by atoms with Gasteiger partial charge in [-0.3, -0.25) is 9.58 Å². The summed E-state index contributed by atoms with van der Waals surface area (Å²) in [7, 11) is 1.99. The summed E-state index contributed by atoms with van der Waals surface area (Å²) in [6, 6.07) is 0.614. The van der Waals surface area contributed by atoms with Gasteiger partial charge in [0.25, 0.3) is 0 Å². The first-order chi connectivity index (χ1) is 9.44. The Labute approximate surface area is 123 Å². The molecule has 2 atom stereocenters. The van der Waals surface area contributed by atoms with Crippen LogP contribution in [0.15, 0.2) is 12.4 Å². The van der Waals surface area contributed by atoms with Gasteiger partial charge in [-0.2, -0.15) is 5.10 Å². The number of hydrogen-bond acceptors (Lipinski definition) is 3. The molecular weight excluding hydrogens is 248 g/mol. The molecule has 2 rings (SSSR count). The molecule has 2 heterocycles. The van der Waals surface area contributed by atoms with E-state index in [1.807, 2.05) is 17.9 Å². The zero-order valence-electron chi connectivity index (χ0n) is 13.7. The van der Waals surface area contributed by atoms with Crippen LogP contribution in [-0.4, -0.2) is 45.9 Å². The smallest absolute Gasteiger partial charge is 0.0522 e. The fraction of sp³-hybridized carbons (Fsp3) is 0.812. The van der Waals surface area contributed by atoms with Crippen LogP contribution in [0.4, 0.5) is 0 Å². The van der Waals surface area contributed by atoms with Crippen molar-refractivity contribution in [3.63, 3.8) is 0 Å². The second-order valence-corrected chi connectivity index (χ2v) is 6.80. The van der Waals surface area contributed by atoms with Crippen LogP contribution in [0.5, 0.6) is 0 Å². The summed E-state index contributed by atoms with van der Waals surface area (Å²) >= 11 is 0. The van der Waals surface area contributed by atoms with E-state index in [2.05, 4.69) is 49.2 Å². The summed E-state index contributed by atoms with van der Waals surface area (Å²) in [6.45, 7) is 12.7. The van der Waals surface area contributed by atoms with E-state index in [-0.39, 0.29) is 5.54 Å². The highest BCUT2D eigenvalue weighted by Gasteiger charge is 2.36. The van der Waals surface area contributed by atoms with Gasteiger partial charge in [0, 0.05) is 44.5 Å². The standard InChI is InChI=1S/C16H30N4/c1-6-16(4)12-17-15(13(2)3)11-20(16)8-7-14-9-18-19(5)10-14/h9-10,13,15,17H,6-8,11-12H2,1-5H3. The van der Waals surface area contributed by atoms with Gasteiger partial charge in [-0.15, -0.1) is 0 Å². The highest BCUT2D eigenvalue weighted by atomic mass is 15.3. The lowest BCUT2D eigenvalue weighted by Crippen LogP contribution is -2.64. The third-order valence-corrected chi connectivity index (χ3v) is 4.92. The molecule has 0 amide bonds. The van der Waals surface area contributed by atoms with E-state index in [1.165, 1.54) is 12.0 Å². The minimum absolute atomic E-state index is 0.285. The molecule has 20 heavy (non-hydrogen) atoms. The number of piperazine rings is 1. The van der Waals surface area contributed by atoms with Crippen LogP contribution >= 0.6 is 0 Å². The largest absolute Gasteiger partial charge is 0.311 e. The van der Waals surface area contributed by atoms with Crippen molar-refractivity contribution < 1.29 is 0 Å². The van der Waals surface area contributed by atoms with Crippen LogP contribution in [0, 0.1) is 5.92 Å². The highest BCUT2D eigenvalue weighted by molar-refractivity contribution is 5.05. The van der Waals surface area contributed by atoms with Gasteiger partial charge < -0.3 is 5.32 Å². The molecule has 0 bridgehead atoms. The minimum Gasteiger partial charge on any atom is -0.311 e. The van der Waals surface area contributed by atoms with Crippen molar-refractivity contribution in [2.24, 2.45) is 13.0 Å². The lowest BCUT2D eigenvalue weighted by molar-refractivity contribution is 0.0397. The van der Waals surface area contributed by atoms with Crippen LogP contribution in [0.1, 0.15) is 39.7 Å². The van der Waals surface area contributed by atoms with E-state index in [0.29, 0.717) is 12.0 Å². The van der Waals surface area contributed by atoms with Gasteiger partial charge in [-0.05, 0) is 31.2 Å². The zero-order valence-corrected chi connectivity index (χ0v) is 13.7. The Morgan fingerprint density at radius 2 is 2.25 bits per heavy atom. The van der Waals surface area contributed by atoms with Gasteiger partial charge in [0.2, 0.25) is 0 Å². The molecule has 4 nitrogen and oxygen atoms in total. The topological polar surface area (TPSA) is 33.1 Å². The molecule has 1 fully saturated rings. The molecule has 0 radical (unpaired) electrons. The maximum atomic E-state index is 4.27.